The number of nitrogens with zero attached hydrogens (tertiary/aromatic N) is 1. The van der Waals surface area contributed by atoms with Gasteiger partial charge in [-0.15, -0.1) is 0 Å². The fraction of sp³-hybridized carbons (Fsp3) is 0.571. The van der Waals surface area contributed by atoms with Gasteiger partial charge in [-0.2, -0.15) is 0 Å². The number of rotatable bonds is 4. The number of aromatic nitrogens is 1. The van der Waals surface area contributed by atoms with Crippen LogP contribution in [0, 0.1) is 6.92 Å². The molecule has 2 N–H and O–H groups in total. The Labute approximate surface area is 108 Å². The van der Waals surface area contributed by atoms with E-state index in [1.165, 1.54) is 0 Å². The van der Waals surface area contributed by atoms with E-state index in [4.69, 9.17) is 0 Å². The lowest BCUT2D eigenvalue weighted by molar-refractivity contribution is -0.122. The van der Waals surface area contributed by atoms with Crippen molar-refractivity contribution >= 4 is 11.6 Å². The summed E-state index contributed by atoms with van der Waals surface area (Å²) in [5.74, 6) is 0.0937. The second-order valence-corrected chi connectivity index (χ2v) is 5.01. The number of hydrogen-bond donors (Lipinski definition) is 2. The third-order valence-electron chi connectivity index (χ3n) is 3.62. The van der Waals surface area contributed by atoms with Crippen LogP contribution in [0.15, 0.2) is 18.5 Å². The molecule has 4 nitrogen and oxygen atoms in total. The number of nitrogens with one attached hydrogen (secondary N) is 2. The fourth-order valence-electron chi connectivity index (χ4n) is 2.61. The Bertz CT molecular complexity index is 425. The minimum atomic E-state index is -0.371. The van der Waals surface area contributed by atoms with E-state index >= 15 is 0 Å². The summed E-state index contributed by atoms with van der Waals surface area (Å²) in [6.45, 7) is 5.01. The molecule has 98 valence electrons. The lowest BCUT2D eigenvalue weighted by atomic mass is 9.90. The molecule has 4 heteroatoms. The minimum absolute atomic E-state index is 0.0937. The molecule has 1 aromatic rings. The van der Waals surface area contributed by atoms with Crippen molar-refractivity contribution in [1.82, 2.24) is 10.3 Å². The van der Waals surface area contributed by atoms with E-state index < -0.39 is 0 Å². The molecule has 1 amide bonds. The first-order valence-electron chi connectivity index (χ1n) is 6.65. The molecule has 0 radical (unpaired) electrons. The van der Waals surface area contributed by atoms with E-state index in [-0.39, 0.29) is 11.4 Å². The van der Waals surface area contributed by atoms with Crippen molar-refractivity contribution < 1.29 is 4.79 Å². The topological polar surface area (TPSA) is 54.0 Å². The van der Waals surface area contributed by atoms with Crippen molar-refractivity contribution in [2.75, 3.05) is 11.9 Å². The van der Waals surface area contributed by atoms with Crippen LogP contribution in [0.1, 0.15) is 38.2 Å². The Morgan fingerprint density at radius 1 is 1.61 bits per heavy atom. The first kappa shape index (κ1) is 13.0. The molecule has 2 rings (SSSR count). The maximum Gasteiger partial charge on any atom is 0.244 e. The van der Waals surface area contributed by atoms with Gasteiger partial charge in [0.1, 0.15) is 0 Å². The highest BCUT2D eigenvalue weighted by atomic mass is 16.2. The van der Waals surface area contributed by atoms with Gasteiger partial charge in [0.15, 0.2) is 0 Å². The average Bonchev–Trinajstić information content (AvgIpc) is 2.82. The molecule has 1 aliphatic heterocycles. The number of aryl methyl sites for hydroxylation is 1. The zero-order chi connectivity index (χ0) is 13.0. The van der Waals surface area contributed by atoms with Gasteiger partial charge in [-0.3, -0.25) is 9.78 Å². The molecule has 0 aliphatic carbocycles. The van der Waals surface area contributed by atoms with E-state index in [0.717, 1.165) is 43.5 Å². The summed E-state index contributed by atoms with van der Waals surface area (Å²) < 4.78 is 0. The van der Waals surface area contributed by atoms with Gasteiger partial charge in [0.25, 0.3) is 0 Å². The summed E-state index contributed by atoms with van der Waals surface area (Å²) in [4.78, 5) is 16.5. The van der Waals surface area contributed by atoms with Crippen molar-refractivity contribution in [1.29, 1.82) is 0 Å². The van der Waals surface area contributed by atoms with Crippen molar-refractivity contribution in [3.63, 3.8) is 0 Å². The number of hydrogen-bond acceptors (Lipinski definition) is 3. The molecule has 1 aromatic heterocycles. The van der Waals surface area contributed by atoms with Crippen LogP contribution in [0.4, 0.5) is 5.69 Å². The quantitative estimate of drug-likeness (QED) is 0.858. The van der Waals surface area contributed by atoms with E-state index in [1.807, 2.05) is 13.0 Å². The van der Waals surface area contributed by atoms with Crippen LogP contribution < -0.4 is 10.6 Å². The number of carbonyl (C=O) groups is 1. The second kappa shape index (κ2) is 5.48. The van der Waals surface area contributed by atoms with Crippen LogP contribution in [0.5, 0.6) is 0 Å². The Morgan fingerprint density at radius 2 is 2.44 bits per heavy atom. The highest BCUT2D eigenvalue weighted by Crippen LogP contribution is 2.27. The summed E-state index contributed by atoms with van der Waals surface area (Å²) in [5.41, 5.74) is 1.49. The average molecular weight is 247 g/mol. The summed E-state index contributed by atoms with van der Waals surface area (Å²) in [7, 11) is 0. The normalized spacial score (nSPS) is 23.0. The molecule has 1 atom stereocenters. The van der Waals surface area contributed by atoms with E-state index in [9.17, 15) is 4.79 Å². The molecule has 0 spiro atoms. The SMILES string of the molecule is CCCC1(C(=O)Nc2ccncc2C)CCCN1. The maximum atomic E-state index is 12.5. The molecule has 18 heavy (non-hydrogen) atoms. The predicted molar refractivity (Wildman–Crippen MR) is 72.5 cm³/mol. The van der Waals surface area contributed by atoms with Crippen LogP contribution >= 0.6 is 0 Å². The summed E-state index contributed by atoms with van der Waals surface area (Å²) in [6.07, 6.45) is 7.37. The zero-order valence-corrected chi connectivity index (χ0v) is 11.1. The van der Waals surface area contributed by atoms with Gasteiger partial charge < -0.3 is 10.6 Å². The van der Waals surface area contributed by atoms with Crippen LogP contribution in [0.2, 0.25) is 0 Å². The lowest BCUT2D eigenvalue weighted by Crippen LogP contribution is -2.50. The monoisotopic (exact) mass is 247 g/mol. The van der Waals surface area contributed by atoms with Gasteiger partial charge in [-0.05, 0) is 44.4 Å². The fourth-order valence-corrected chi connectivity index (χ4v) is 2.61. The first-order chi connectivity index (χ1) is 8.68. The molecular formula is C14H21N3O. The molecule has 0 bridgehead atoms. The summed E-state index contributed by atoms with van der Waals surface area (Å²) in [5, 5.41) is 6.42. The number of anilines is 1. The van der Waals surface area contributed by atoms with E-state index in [1.54, 1.807) is 12.4 Å². The van der Waals surface area contributed by atoms with Gasteiger partial charge in [0.2, 0.25) is 5.91 Å². The second-order valence-electron chi connectivity index (χ2n) is 5.01. The van der Waals surface area contributed by atoms with E-state index in [0.29, 0.717) is 0 Å². The highest BCUT2D eigenvalue weighted by molar-refractivity contribution is 5.98. The standard InChI is InChI=1S/C14H21N3O/c1-3-6-14(7-4-8-16-14)13(18)17-12-5-9-15-10-11(12)2/h5,9-10,16H,3-4,6-8H2,1-2H3,(H,15,17,18). The predicted octanol–water partition coefficient (Wildman–Crippen LogP) is 2.25. The largest absolute Gasteiger partial charge is 0.324 e. The summed E-state index contributed by atoms with van der Waals surface area (Å²) in [6, 6.07) is 1.85. The molecule has 1 aliphatic rings. The minimum Gasteiger partial charge on any atom is -0.324 e. The third-order valence-corrected chi connectivity index (χ3v) is 3.62. The zero-order valence-electron chi connectivity index (χ0n) is 11.1. The smallest absolute Gasteiger partial charge is 0.244 e. The van der Waals surface area contributed by atoms with Crippen LogP contribution in [-0.2, 0) is 4.79 Å². The van der Waals surface area contributed by atoms with Gasteiger partial charge >= 0.3 is 0 Å². The molecule has 2 heterocycles. The third kappa shape index (κ3) is 2.53. The molecular weight excluding hydrogens is 226 g/mol. The maximum absolute atomic E-state index is 12.5. The Morgan fingerprint density at radius 3 is 3.06 bits per heavy atom. The van der Waals surface area contributed by atoms with Crippen LogP contribution in [0.3, 0.4) is 0 Å². The molecule has 0 saturated carbocycles. The molecule has 1 fully saturated rings. The van der Waals surface area contributed by atoms with Crippen molar-refractivity contribution in [3.05, 3.63) is 24.0 Å². The summed E-state index contributed by atoms with van der Waals surface area (Å²) >= 11 is 0. The van der Waals surface area contributed by atoms with Crippen molar-refractivity contribution in [2.24, 2.45) is 0 Å². The Hall–Kier alpha value is -1.42. The van der Waals surface area contributed by atoms with Gasteiger partial charge in [-0.1, -0.05) is 13.3 Å². The van der Waals surface area contributed by atoms with Crippen molar-refractivity contribution in [3.8, 4) is 0 Å². The van der Waals surface area contributed by atoms with E-state index in [2.05, 4.69) is 22.5 Å². The lowest BCUT2D eigenvalue weighted by Gasteiger charge is -2.28. The van der Waals surface area contributed by atoms with Crippen LogP contribution in [-0.4, -0.2) is 23.0 Å². The van der Waals surface area contributed by atoms with Crippen LogP contribution in [0.25, 0.3) is 0 Å². The number of carbonyl (C=O) groups excluding carboxylic acids is 1. The van der Waals surface area contributed by atoms with Gasteiger partial charge in [0, 0.05) is 18.1 Å². The Kier molecular flexibility index (Phi) is 3.97. The Balaban J connectivity index is 2.13. The molecule has 0 aromatic carbocycles. The highest BCUT2D eigenvalue weighted by Gasteiger charge is 2.39. The molecule has 1 saturated heterocycles. The first-order valence-corrected chi connectivity index (χ1v) is 6.65. The van der Waals surface area contributed by atoms with Gasteiger partial charge in [0.05, 0.1) is 5.54 Å². The number of amides is 1. The number of pyridine rings is 1. The van der Waals surface area contributed by atoms with Gasteiger partial charge in [-0.25, -0.2) is 0 Å². The molecule has 1 unspecified atom stereocenters. The van der Waals surface area contributed by atoms with Crippen molar-refractivity contribution in [2.45, 2.75) is 45.1 Å².